The summed E-state index contributed by atoms with van der Waals surface area (Å²) in [6, 6.07) is 16.4. The van der Waals surface area contributed by atoms with Gasteiger partial charge in [0.1, 0.15) is 11.6 Å². The number of nitrogens with zero attached hydrogens (tertiary/aromatic N) is 2. The van der Waals surface area contributed by atoms with Crippen LogP contribution in [0.25, 0.3) is 16.6 Å². The van der Waals surface area contributed by atoms with Gasteiger partial charge in [-0.2, -0.15) is 0 Å². The fraction of sp³-hybridized carbons (Fsp3) is 0.0455. The highest BCUT2D eigenvalue weighted by molar-refractivity contribution is 7.99. The van der Waals surface area contributed by atoms with Gasteiger partial charge in [-0.15, -0.1) is 0 Å². The maximum absolute atomic E-state index is 13.3. The van der Waals surface area contributed by atoms with Crippen LogP contribution in [0, 0.1) is 11.6 Å². The first-order valence-corrected chi connectivity index (χ1v) is 10.4. The van der Waals surface area contributed by atoms with E-state index in [0.717, 1.165) is 23.9 Å². The number of benzene rings is 3. The zero-order valence-corrected chi connectivity index (χ0v) is 17.4. The summed E-state index contributed by atoms with van der Waals surface area (Å²) < 4.78 is 28.0. The fourth-order valence-corrected chi connectivity index (χ4v) is 4.03. The zero-order valence-electron chi connectivity index (χ0n) is 15.8. The summed E-state index contributed by atoms with van der Waals surface area (Å²) in [6.07, 6.45) is 0. The van der Waals surface area contributed by atoms with Crippen molar-refractivity contribution >= 4 is 45.9 Å². The SMILES string of the molecule is O=C(CSc1nc2ccccc2c(=O)n1-c1ccccc1Cl)Nc1cc(F)cc(F)c1. The van der Waals surface area contributed by atoms with Crippen LogP contribution in [0.5, 0.6) is 0 Å². The van der Waals surface area contributed by atoms with E-state index in [1.165, 1.54) is 4.57 Å². The Kier molecular flexibility index (Phi) is 6.01. The minimum Gasteiger partial charge on any atom is -0.325 e. The molecule has 0 unspecified atom stereocenters. The molecule has 0 aliphatic carbocycles. The van der Waals surface area contributed by atoms with Gasteiger partial charge in [-0.3, -0.25) is 14.2 Å². The molecule has 156 valence electrons. The Labute approximate surface area is 184 Å². The third-order valence-electron chi connectivity index (χ3n) is 4.32. The largest absolute Gasteiger partial charge is 0.325 e. The van der Waals surface area contributed by atoms with Crippen LogP contribution in [0.1, 0.15) is 0 Å². The molecule has 1 aromatic heterocycles. The number of fused-ring (bicyclic) bond motifs is 1. The monoisotopic (exact) mass is 457 g/mol. The first-order valence-electron chi connectivity index (χ1n) is 9.08. The van der Waals surface area contributed by atoms with Crippen LogP contribution >= 0.6 is 23.4 Å². The molecule has 0 saturated heterocycles. The maximum atomic E-state index is 13.3. The number of carbonyl (C=O) groups excluding carboxylic acids is 1. The molecular weight excluding hydrogens is 444 g/mol. The van der Waals surface area contributed by atoms with Gasteiger partial charge in [0, 0.05) is 11.8 Å². The number of carbonyl (C=O) groups is 1. The molecule has 9 heteroatoms. The Balaban J connectivity index is 1.68. The second-order valence-electron chi connectivity index (χ2n) is 6.50. The van der Waals surface area contributed by atoms with Crippen molar-refractivity contribution in [2.75, 3.05) is 11.1 Å². The maximum Gasteiger partial charge on any atom is 0.266 e. The highest BCUT2D eigenvalue weighted by atomic mass is 35.5. The normalized spacial score (nSPS) is 10.9. The minimum atomic E-state index is -0.799. The number of halogens is 3. The lowest BCUT2D eigenvalue weighted by Crippen LogP contribution is -2.23. The van der Waals surface area contributed by atoms with Gasteiger partial charge in [0.15, 0.2) is 5.16 Å². The van der Waals surface area contributed by atoms with Crippen LogP contribution in [0.3, 0.4) is 0 Å². The van der Waals surface area contributed by atoms with Crippen LogP contribution in [-0.2, 0) is 4.79 Å². The van der Waals surface area contributed by atoms with Crippen molar-refractivity contribution in [1.29, 1.82) is 0 Å². The number of para-hydroxylation sites is 2. The van der Waals surface area contributed by atoms with E-state index in [0.29, 0.717) is 27.7 Å². The van der Waals surface area contributed by atoms with E-state index in [4.69, 9.17) is 11.6 Å². The molecule has 0 saturated carbocycles. The molecule has 1 N–H and O–H groups in total. The molecule has 0 atom stereocenters. The molecule has 0 fully saturated rings. The molecule has 31 heavy (non-hydrogen) atoms. The van der Waals surface area contributed by atoms with Crippen molar-refractivity contribution in [3.63, 3.8) is 0 Å². The van der Waals surface area contributed by atoms with E-state index in [1.807, 2.05) is 0 Å². The minimum absolute atomic E-state index is 0.00179. The quantitative estimate of drug-likeness (QED) is 0.336. The molecule has 0 bridgehead atoms. The van der Waals surface area contributed by atoms with E-state index in [-0.39, 0.29) is 22.2 Å². The lowest BCUT2D eigenvalue weighted by atomic mass is 10.2. The summed E-state index contributed by atoms with van der Waals surface area (Å²) in [6.45, 7) is 0. The summed E-state index contributed by atoms with van der Waals surface area (Å²) >= 11 is 7.32. The van der Waals surface area contributed by atoms with Gasteiger partial charge in [-0.05, 0) is 36.4 Å². The predicted octanol–water partition coefficient (Wildman–Crippen LogP) is 5.05. The second-order valence-corrected chi connectivity index (χ2v) is 7.85. The van der Waals surface area contributed by atoms with E-state index < -0.39 is 17.5 Å². The molecule has 5 nitrogen and oxygen atoms in total. The fourth-order valence-electron chi connectivity index (χ4n) is 3.01. The molecule has 4 aromatic rings. The lowest BCUT2D eigenvalue weighted by molar-refractivity contribution is -0.113. The van der Waals surface area contributed by atoms with Crippen molar-refractivity contribution in [3.05, 3.63) is 93.7 Å². The highest BCUT2D eigenvalue weighted by Crippen LogP contribution is 2.26. The van der Waals surface area contributed by atoms with Crippen LogP contribution in [0.2, 0.25) is 5.02 Å². The molecule has 1 amide bonds. The van der Waals surface area contributed by atoms with Crippen LogP contribution in [-0.4, -0.2) is 21.2 Å². The van der Waals surface area contributed by atoms with Crippen LogP contribution in [0.4, 0.5) is 14.5 Å². The van der Waals surface area contributed by atoms with Gasteiger partial charge in [0.05, 0.1) is 27.4 Å². The number of amides is 1. The Morgan fingerprint density at radius 2 is 1.71 bits per heavy atom. The van der Waals surface area contributed by atoms with Crippen LogP contribution in [0.15, 0.2) is 76.7 Å². The van der Waals surface area contributed by atoms with Crippen molar-refractivity contribution in [3.8, 4) is 5.69 Å². The number of thioether (sulfide) groups is 1. The second kappa shape index (κ2) is 8.87. The number of nitrogens with one attached hydrogen (secondary N) is 1. The van der Waals surface area contributed by atoms with Gasteiger partial charge in [0.2, 0.25) is 5.91 Å². The Morgan fingerprint density at radius 3 is 2.45 bits per heavy atom. The topological polar surface area (TPSA) is 64.0 Å². The number of hydrogen-bond acceptors (Lipinski definition) is 4. The van der Waals surface area contributed by atoms with Gasteiger partial charge in [-0.1, -0.05) is 47.6 Å². The van der Waals surface area contributed by atoms with E-state index in [1.54, 1.807) is 48.5 Å². The Morgan fingerprint density at radius 1 is 1.03 bits per heavy atom. The molecule has 0 spiro atoms. The molecule has 0 radical (unpaired) electrons. The number of anilines is 1. The summed E-state index contributed by atoms with van der Waals surface area (Å²) in [5, 5.41) is 3.46. The summed E-state index contributed by atoms with van der Waals surface area (Å²) in [7, 11) is 0. The van der Waals surface area contributed by atoms with Crippen LogP contribution < -0.4 is 10.9 Å². The zero-order chi connectivity index (χ0) is 22.0. The average Bonchev–Trinajstić information content (AvgIpc) is 2.72. The standard InChI is InChI=1S/C22H14ClF2N3O2S/c23-17-6-2-4-8-19(17)28-21(30)16-5-1-3-7-18(16)27-22(28)31-12-20(29)26-15-10-13(24)9-14(25)11-15/h1-11H,12H2,(H,26,29). The van der Waals surface area contributed by atoms with E-state index >= 15 is 0 Å². The van der Waals surface area contributed by atoms with Crippen molar-refractivity contribution in [1.82, 2.24) is 9.55 Å². The molecular formula is C22H14ClF2N3O2S. The van der Waals surface area contributed by atoms with Gasteiger partial charge in [0.25, 0.3) is 5.56 Å². The van der Waals surface area contributed by atoms with Crippen molar-refractivity contribution < 1.29 is 13.6 Å². The Hall–Kier alpha value is -3.23. The molecule has 3 aromatic carbocycles. The summed E-state index contributed by atoms with van der Waals surface area (Å²) in [5.74, 6) is -2.26. The predicted molar refractivity (Wildman–Crippen MR) is 118 cm³/mol. The van der Waals surface area contributed by atoms with E-state index in [2.05, 4.69) is 10.3 Å². The van der Waals surface area contributed by atoms with Crippen molar-refractivity contribution in [2.45, 2.75) is 5.16 Å². The highest BCUT2D eigenvalue weighted by Gasteiger charge is 2.16. The number of rotatable bonds is 5. The molecule has 4 rings (SSSR count). The number of aromatic nitrogens is 2. The average molecular weight is 458 g/mol. The lowest BCUT2D eigenvalue weighted by Gasteiger charge is -2.14. The third kappa shape index (κ3) is 4.60. The first kappa shape index (κ1) is 21.0. The smallest absolute Gasteiger partial charge is 0.266 e. The van der Waals surface area contributed by atoms with Gasteiger partial charge in [-0.25, -0.2) is 13.8 Å². The van der Waals surface area contributed by atoms with E-state index in [9.17, 15) is 18.4 Å². The van der Waals surface area contributed by atoms with Crippen molar-refractivity contribution in [2.24, 2.45) is 0 Å². The molecule has 1 heterocycles. The molecule has 0 aliphatic rings. The number of hydrogen-bond donors (Lipinski definition) is 1. The molecule has 0 aliphatic heterocycles. The summed E-state index contributed by atoms with van der Waals surface area (Å²) in [5.41, 5.74) is 0.584. The Bertz CT molecular complexity index is 1340. The van der Waals surface area contributed by atoms with Gasteiger partial charge < -0.3 is 5.32 Å². The van der Waals surface area contributed by atoms with Gasteiger partial charge >= 0.3 is 0 Å². The first-order chi connectivity index (χ1) is 14.9. The third-order valence-corrected chi connectivity index (χ3v) is 5.58. The summed E-state index contributed by atoms with van der Waals surface area (Å²) in [4.78, 5) is 30.1.